The molecular formula is C14H24N2O8Sn2. The van der Waals surface area contributed by atoms with Crippen molar-refractivity contribution in [2.75, 3.05) is 39.3 Å². The van der Waals surface area contributed by atoms with Gasteiger partial charge in [0.1, 0.15) is 0 Å². The van der Waals surface area contributed by atoms with E-state index in [0.29, 0.717) is 0 Å². The maximum absolute atomic E-state index is 11.9. The molecule has 0 saturated carbocycles. The summed E-state index contributed by atoms with van der Waals surface area (Å²) in [4.78, 5) is 57.7. The topological polar surface area (TPSA) is 112 Å². The summed E-state index contributed by atoms with van der Waals surface area (Å²) in [6, 6.07) is 0. The number of rotatable bonds is 3. The van der Waals surface area contributed by atoms with Gasteiger partial charge in [-0.15, -0.1) is 0 Å². The first-order chi connectivity index (χ1) is 11.9. The molecule has 2 aliphatic heterocycles. The molecule has 2 saturated heterocycles. The summed E-state index contributed by atoms with van der Waals surface area (Å²) in [5, 5.41) is 0. The van der Waals surface area contributed by atoms with Crippen molar-refractivity contribution >= 4 is 62.3 Å². The monoisotopic (exact) mass is 588 g/mol. The van der Waals surface area contributed by atoms with Crippen molar-refractivity contribution in [3.8, 4) is 0 Å². The van der Waals surface area contributed by atoms with Crippen LogP contribution in [0.4, 0.5) is 0 Å². The van der Waals surface area contributed by atoms with Crippen molar-refractivity contribution in [2.45, 2.75) is 19.8 Å². The average Bonchev–Trinajstić information content (AvgIpc) is 2.38. The van der Waals surface area contributed by atoms with Crippen LogP contribution in [0, 0.1) is 0 Å². The Bertz CT molecular complexity index is 514. The third kappa shape index (κ3) is 7.19. The van der Waals surface area contributed by atoms with E-state index in [1.165, 1.54) is 0 Å². The molecular weight excluding hydrogens is 562 g/mol. The number of carbonyl (C=O) groups excluding carboxylic acids is 4. The van der Waals surface area contributed by atoms with Crippen LogP contribution in [0.5, 0.6) is 0 Å². The fourth-order valence-electron chi connectivity index (χ4n) is 2.71. The van der Waals surface area contributed by atoms with E-state index in [1.807, 2.05) is 0 Å². The first-order valence-corrected chi connectivity index (χ1v) is 24.3. The van der Waals surface area contributed by atoms with E-state index in [2.05, 4.69) is 0 Å². The van der Waals surface area contributed by atoms with Crippen LogP contribution in [0.1, 0.15) is 0 Å². The second-order valence-electron chi connectivity index (χ2n) is 7.12. The molecule has 0 unspecified atom stereocenters. The van der Waals surface area contributed by atoms with Crippen LogP contribution in [-0.2, 0) is 31.5 Å². The molecule has 0 aliphatic carbocycles. The van der Waals surface area contributed by atoms with Crippen LogP contribution >= 0.6 is 0 Å². The van der Waals surface area contributed by atoms with E-state index in [0.717, 1.165) is 0 Å². The van der Waals surface area contributed by atoms with Crippen LogP contribution < -0.4 is 0 Å². The van der Waals surface area contributed by atoms with Crippen molar-refractivity contribution in [2.24, 2.45) is 0 Å². The number of carbonyl (C=O) groups is 4. The predicted molar refractivity (Wildman–Crippen MR) is 92.2 cm³/mol. The van der Waals surface area contributed by atoms with Crippen LogP contribution in [0.25, 0.3) is 0 Å². The summed E-state index contributed by atoms with van der Waals surface area (Å²) in [6.07, 6.45) is 0. The molecule has 0 aromatic rings. The maximum atomic E-state index is 11.9. The van der Waals surface area contributed by atoms with Crippen molar-refractivity contribution in [3.63, 3.8) is 0 Å². The van der Waals surface area contributed by atoms with Gasteiger partial charge in [0.05, 0.1) is 0 Å². The fraction of sp³-hybridized carbons (Fsp3) is 0.714. The van der Waals surface area contributed by atoms with E-state index >= 15 is 0 Å². The summed E-state index contributed by atoms with van der Waals surface area (Å²) in [7, 11) is 0. The molecule has 26 heavy (non-hydrogen) atoms. The SMILES string of the molecule is [CH3][Sn]1([CH3])[O]C(=O)CN(CCN2CC(=O)[O][Sn]([CH3])([CH3])[O]C(=O)C2)CC(=O)[O]1. The molecule has 0 amide bonds. The van der Waals surface area contributed by atoms with Gasteiger partial charge < -0.3 is 0 Å². The molecule has 0 aromatic heterocycles. The van der Waals surface area contributed by atoms with Crippen LogP contribution in [-0.4, -0.2) is 111 Å². The van der Waals surface area contributed by atoms with Gasteiger partial charge in [-0.1, -0.05) is 0 Å². The van der Waals surface area contributed by atoms with Crippen molar-refractivity contribution in [1.82, 2.24) is 9.80 Å². The second-order valence-corrected chi connectivity index (χ2v) is 25.4. The summed E-state index contributed by atoms with van der Waals surface area (Å²) in [5.74, 6) is -1.72. The van der Waals surface area contributed by atoms with Gasteiger partial charge in [-0.25, -0.2) is 0 Å². The zero-order valence-electron chi connectivity index (χ0n) is 15.4. The zero-order chi connectivity index (χ0) is 19.5. The molecule has 0 radical (unpaired) electrons. The zero-order valence-corrected chi connectivity index (χ0v) is 21.1. The van der Waals surface area contributed by atoms with Gasteiger partial charge in [0.25, 0.3) is 0 Å². The fourth-order valence-corrected chi connectivity index (χ4v) is 9.94. The minimum absolute atomic E-state index is 0.0400. The van der Waals surface area contributed by atoms with E-state index in [9.17, 15) is 19.2 Å². The van der Waals surface area contributed by atoms with Crippen molar-refractivity contribution in [3.05, 3.63) is 0 Å². The first-order valence-electron chi connectivity index (χ1n) is 8.26. The Labute approximate surface area is 162 Å². The Balaban J connectivity index is 1.94. The van der Waals surface area contributed by atoms with Gasteiger partial charge in [0.2, 0.25) is 0 Å². The molecule has 2 heterocycles. The van der Waals surface area contributed by atoms with E-state index in [-0.39, 0.29) is 39.3 Å². The van der Waals surface area contributed by atoms with Gasteiger partial charge in [0, 0.05) is 0 Å². The molecule has 146 valence electrons. The van der Waals surface area contributed by atoms with Gasteiger partial charge in [-0.2, -0.15) is 0 Å². The predicted octanol–water partition coefficient (Wildman–Crippen LogP) is -0.806. The molecule has 0 aromatic carbocycles. The third-order valence-corrected chi connectivity index (χ3v) is 11.8. The Morgan fingerprint density at radius 1 is 0.615 bits per heavy atom. The summed E-state index contributed by atoms with van der Waals surface area (Å²) >= 11 is -7.08. The Kier molecular flexibility index (Phi) is 7.18. The minimum atomic E-state index is -3.54. The molecule has 12 heteroatoms. The Hall–Kier alpha value is -0.603. The third-order valence-electron chi connectivity index (χ3n) is 3.58. The molecule has 0 spiro atoms. The quantitative estimate of drug-likeness (QED) is 0.390. The molecule has 0 N–H and O–H groups in total. The molecule has 0 bridgehead atoms. The molecule has 2 aliphatic rings. The molecule has 0 atom stereocenters. The number of hydrogen-bond acceptors (Lipinski definition) is 10. The van der Waals surface area contributed by atoms with E-state index in [4.69, 9.17) is 12.3 Å². The Morgan fingerprint density at radius 3 is 1.08 bits per heavy atom. The van der Waals surface area contributed by atoms with Crippen LogP contribution in [0.3, 0.4) is 0 Å². The standard InChI is InChI=1S/C10H16N2O8.4CH3.2Sn/c13-7(14)3-11(4-8(15)16)1-2-12(5-9(17)18)6-10(19)20;;;;;;/h1-6H2,(H,13,14)(H,15,16)(H,17,18)(H,19,20);4*1H3;;/q;;;;;2*+2/p-4. The molecule has 2 rings (SSSR count). The average molecular weight is 586 g/mol. The van der Waals surface area contributed by atoms with Gasteiger partial charge in [0.15, 0.2) is 0 Å². The van der Waals surface area contributed by atoms with Gasteiger partial charge >= 0.3 is 163 Å². The summed E-state index contributed by atoms with van der Waals surface area (Å²) in [6.45, 7) is 0.410. The van der Waals surface area contributed by atoms with Crippen LogP contribution in [0.15, 0.2) is 0 Å². The second kappa shape index (κ2) is 8.60. The number of hydrogen-bond donors (Lipinski definition) is 0. The van der Waals surface area contributed by atoms with E-state index < -0.39 is 62.3 Å². The number of nitrogens with zero attached hydrogens (tertiary/aromatic N) is 2. The van der Waals surface area contributed by atoms with Crippen molar-refractivity contribution < 1.29 is 31.5 Å². The van der Waals surface area contributed by atoms with Crippen LogP contribution in [0.2, 0.25) is 19.8 Å². The molecule has 10 nitrogen and oxygen atoms in total. The van der Waals surface area contributed by atoms with Gasteiger partial charge in [-0.3, -0.25) is 0 Å². The summed E-state index contributed by atoms with van der Waals surface area (Å²) < 4.78 is 21.2. The Morgan fingerprint density at radius 2 is 0.846 bits per heavy atom. The first kappa shape index (κ1) is 21.7. The van der Waals surface area contributed by atoms with E-state index in [1.54, 1.807) is 29.6 Å². The summed E-state index contributed by atoms with van der Waals surface area (Å²) in [5.41, 5.74) is 0. The van der Waals surface area contributed by atoms with Gasteiger partial charge in [-0.05, 0) is 0 Å². The normalized spacial score (nSPS) is 24.9. The van der Waals surface area contributed by atoms with Crippen molar-refractivity contribution in [1.29, 1.82) is 0 Å². The molecule has 2 fully saturated rings.